The van der Waals surface area contributed by atoms with Gasteiger partial charge in [0.1, 0.15) is 0 Å². The van der Waals surface area contributed by atoms with E-state index in [1.54, 1.807) is 0 Å². The lowest BCUT2D eigenvalue weighted by atomic mass is 9.78. The zero-order chi connectivity index (χ0) is 18.7. The van der Waals surface area contributed by atoms with Crippen LogP contribution >= 0.6 is 0 Å². The lowest BCUT2D eigenvalue weighted by Gasteiger charge is -2.32. The minimum Gasteiger partial charge on any atom is -0.293 e. The Kier molecular flexibility index (Phi) is 5.49. The van der Waals surface area contributed by atoms with Crippen molar-refractivity contribution in [2.45, 2.75) is 45.7 Å². The molecule has 26 heavy (non-hydrogen) atoms. The van der Waals surface area contributed by atoms with Crippen LogP contribution in [0.1, 0.15) is 38.7 Å². The van der Waals surface area contributed by atoms with Crippen LogP contribution in [0, 0.1) is 17.8 Å². The smallest absolute Gasteiger partial charge is 0.293 e. The summed E-state index contributed by atoms with van der Waals surface area (Å²) in [7, 11) is 0. The first-order valence-electron chi connectivity index (χ1n) is 9.20. The predicted octanol–water partition coefficient (Wildman–Crippen LogP) is 2.78. The summed E-state index contributed by atoms with van der Waals surface area (Å²) in [4.78, 5) is 42.6. The second-order valence-corrected chi connectivity index (χ2v) is 7.31. The van der Waals surface area contributed by atoms with Gasteiger partial charge in [-0.2, -0.15) is 0 Å². The monoisotopic (exact) mass is 355 g/mol. The molecule has 2 fully saturated rings. The van der Waals surface area contributed by atoms with E-state index in [0.29, 0.717) is 11.8 Å². The van der Waals surface area contributed by atoms with E-state index in [1.807, 2.05) is 30.3 Å². The summed E-state index contributed by atoms with van der Waals surface area (Å²) in [5.41, 5.74) is 0.829. The number of nitrogens with zero attached hydrogens (tertiary/aromatic N) is 2. The third-order valence-electron chi connectivity index (χ3n) is 5.56. The van der Waals surface area contributed by atoms with Gasteiger partial charge in [0.2, 0.25) is 11.8 Å². The Bertz CT molecular complexity index is 716. The van der Waals surface area contributed by atoms with Gasteiger partial charge in [0.15, 0.2) is 5.92 Å². The summed E-state index contributed by atoms with van der Waals surface area (Å²) in [5, 5.41) is 2.27. The number of hydrogen-bond donors (Lipinski definition) is 1. The van der Waals surface area contributed by atoms with Crippen molar-refractivity contribution < 1.29 is 14.4 Å². The van der Waals surface area contributed by atoms with Gasteiger partial charge in [0.25, 0.3) is 0 Å². The van der Waals surface area contributed by atoms with Gasteiger partial charge >= 0.3 is 6.03 Å². The number of barbiturate groups is 1. The Hall–Kier alpha value is -2.50. The Labute approximate surface area is 153 Å². The van der Waals surface area contributed by atoms with Gasteiger partial charge in [0, 0.05) is 6.21 Å². The summed E-state index contributed by atoms with van der Waals surface area (Å²) in [5.74, 6) is -1.14. The van der Waals surface area contributed by atoms with E-state index in [2.05, 4.69) is 24.2 Å². The van der Waals surface area contributed by atoms with Crippen LogP contribution in [0.5, 0.6) is 0 Å². The van der Waals surface area contributed by atoms with Gasteiger partial charge in [-0.1, -0.05) is 57.0 Å². The van der Waals surface area contributed by atoms with E-state index >= 15 is 0 Å². The molecular weight excluding hydrogens is 330 g/mol. The fourth-order valence-electron chi connectivity index (χ4n) is 3.64. The van der Waals surface area contributed by atoms with Crippen LogP contribution in [0.25, 0.3) is 0 Å². The maximum absolute atomic E-state index is 12.7. The molecule has 3 rings (SSSR count). The summed E-state index contributed by atoms with van der Waals surface area (Å²) in [6.45, 7) is 4.52. The van der Waals surface area contributed by atoms with E-state index in [4.69, 9.17) is 0 Å². The van der Waals surface area contributed by atoms with Crippen molar-refractivity contribution in [1.29, 1.82) is 0 Å². The van der Waals surface area contributed by atoms with E-state index < -0.39 is 23.8 Å². The average Bonchev–Trinajstić information content (AvgIpc) is 2.62. The van der Waals surface area contributed by atoms with Crippen molar-refractivity contribution in [3.8, 4) is 0 Å². The highest BCUT2D eigenvalue weighted by atomic mass is 16.2. The van der Waals surface area contributed by atoms with Crippen molar-refractivity contribution >= 4 is 24.1 Å². The third-order valence-corrected chi connectivity index (χ3v) is 5.56. The Morgan fingerprint density at radius 3 is 2.62 bits per heavy atom. The molecule has 0 aromatic heterocycles. The third kappa shape index (κ3) is 3.84. The van der Waals surface area contributed by atoms with Crippen LogP contribution in [-0.4, -0.2) is 35.0 Å². The van der Waals surface area contributed by atoms with Crippen LogP contribution in [-0.2, 0) is 16.1 Å². The van der Waals surface area contributed by atoms with Crippen LogP contribution in [0.2, 0.25) is 0 Å². The van der Waals surface area contributed by atoms with Crippen LogP contribution in [0.15, 0.2) is 35.3 Å². The standard InChI is InChI=1S/C20H25N3O3/c1-13-7-6-10-17(14(13)2)21-11-16-18(24)22-20(26)23(19(16)25)12-15-8-4-3-5-9-15/h3-5,8-9,11,13-14,16-17H,6-7,10,12H2,1-2H3,(H,22,24,26)/t13-,14-,16?,17+/m1/s1. The highest BCUT2D eigenvalue weighted by molar-refractivity contribution is 6.23. The number of aliphatic imine (C=N–C) groups is 1. The predicted molar refractivity (Wildman–Crippen MR) is 98.5 cm³/mol. The molecule has 6 heteroatoms. The number of hydrogen-bond acceptors (Lipinski definition) is 4. The SMILES string of the molecule is C[C@@H]1[C@H](C)CCC[C@@H]1N=CC1C(=O)NC(=O)N(Cc2ccccc2)C1=O. The maximum atomic E-state index is 12.7. The fourth-order valence-corrected chi connectivity index (χ4v) is 3.64. The van der Waals surface area contributed by atoms with Gasteiger partial charge < -0.3 is 0 Å². The molecule has 1 saturated heterocycles. The van der Waals surface area contributed by atoms with E-state index in [9.17, 15) is 14.4 Å². The van der Waals surface area contributed by atoms with Gasteiger partial charge in [0.05, 0.1) is 12.6 Å². The number of amides is 4. The molecule has 2 aliphatic rings. The molecule has 1 N–H and O–H groups in total. The lowest BCUT2D eigenvalue weighted by molar-refractivity contribution is -0.139. The first kappa shape index (κ1) is 18.3. The van der Waals surface area contributed by atoms with Crippen molar-refractivity contribution in [2.24, 2.45) is 22.7 Å². The molecule has 1 aromatic carbocycles. The molecule has 0 radical (unpaired) electrons. The van der Waals surface area contributed by atoms with Crippen LogP contribution in [0.4, 0.5) is 4.79 Å². The molecule has 0 spiro atoms. The minimum atomic E-state index is -1.04. The molecule has 138 valence electrons. The fraction of sp³-hybridized carbons (Fsp3) is 0.500. The quantitative estimate of drug-likeness (QED) is 0.666. The van der Waals surface area contributed by atoms with Gasteiger partial charge in [-0.25, -0.2) is 4.79 Å². The Morgan fingerprint density at radius 1 is 1.15 bits per heavy atom. The molecule has 4 atom stereocenters. The van der Waals surface area contributed by atoms with Crippen molar-refractivity contribution in [3.05, 3.63) is 35.9 Å². The van der Waals surface area contributed by atoms with Gasteiger partial charge in [-0.15, -0.1) is 0 Å². The molecule has 1 aromatic rings. The lowest BCUT2D eigenvalue weighted by Crippen LogP contribution is -2.58. The minimum absolute atomic E-state index is 0.125. The first-order valence-corrected chi connectivity index (χ1v) is 9.20. The van der Waals surface area contributed by atoms with E-state index in [1.165, 1.54) is 12.6 Å². The number of imide groups is 2. The number of carbonyl (C=O) groups is 3. The highest BCUT2D eigenvalue weighted by Gasteiger charge is 2.39. The Morgan fingerprint density at radius 2 is 1.88 bits per heavy atom. The molecule has 4 amide bonds. The average molecular weight is 355 g/mol. The highest BCUT2D eigenvalue weighted by Crippen LogP contribution is 2.31. The van der Waals surface area contributed by atoms with Crippen LogP contribution < -0.4 is 5.32 Å². The zero-order valence-electron chi connectivity index (χ0n) is 15.2. The van der Waals surface area contributed by atoms with Crippen molar-refractivity contribution in [2.75, 3.05) is 0 Å². The van der Waals surface area contributed by atoms with Crippen LogP contribution in [0.3, 0.4) is 0 Å². The molecule has 1 saturated carbocycles. The largest absolute Gasteiger partial charge is 0.331 e. The number of benzene rings is 1. The summed E-state index contributed by atoms with van der Waals surface area (Å²) in [6.07, 6.45) is 4.71. The van der Waals surface area contributed by atoms with E-state index in [-0.39, 0.29) is 12.6 Å². The second kappa shape index (κ2) is 7.81. The maximum Gasteiger partial charge on any atom is 0.331 e. The molecule has 6 nitrogen and oxygen atoms in total. The van der Waals surface area contributed by atoms with Crippen molar-refractivity contribution in [1.82, 2.24) is 10.2 Å². The molecule has 1 unspecified atom stereocenters. The van der Waals surface area contributed by atoms with Gasteiger partial charge in [-0.3, -0.25) is 24.8 Å². The molecule has 1 aliphatic heterocycles. The molecule has 1 heterocycles. The first-order chi connectivity index (χ1) is 12.5. The van der Waals surface area contributed by atoms with E-state index in [0.717, 1.165) is 23.3 Å². The molecule has 1 aliphatic carbocycles. The summed E-state index contributed by atoms with van der Waals surface area (Å²) < 4.78 is 0. The number of nitrogens with one attached hydrogen (secondary N) is 1. The normalized spacial score (nSPS) is 29.9. The number of carbonyl (C=O) groups excluding carboxylic acids is 3. The second-order valence-electron chi connectivity index (χ2n) is 7.31. The molecule has 0 bridgehead atoms. The number of urea groups is 1. The van der Waals surface area contributed by atoms with Gasteiger partial charge in [-0.05, 0) is 23.8 Å². The zero-order valence-corrected chi connectivity index (χ0v) is 15.2. The Balaban J connectivity index is 1.74. The summed E-state index contributed by atoms with van der Waals surface area (Å²) in [6, 6.07) is 8.69. The topological polar surface area (TPSA) is 78.8 Å². The molecular formula is C20H25N3O3. The number of rotatable bonds is 4. The van der Waals surface area contributed by atoms with Crippen molar-refractivity contribution in [3.63, 3.8) is 0 Å². The summed E-state index contributed by atoms with van der Waals surface area (Å²) >= 11 is 0.